The fourth-order valence-corrected chi connectivity index (χ4v) is 3.30. The third kappa shape index (κ3) is 3.61. The second kappa shape index (κ2) is 8.12. The number of pyridine rings is 1. The molecular formula is C19H25N5O2. The summed E-state index contributed by atoms with van der Waals surface area (Å²) in [6.07, 6.45) is 4.48. The molecule has 3 heterocycles. The van der Waals surface area contributed by atoms with Crippen molar-refractivity contribution in [2.75, 3.05) is 13.1 Å². The highest BCUT2D eigenvalue weighted by molar-refractivity contribution is 5.97. The summed E-state index contributed by atoms with van der Waals surface area (Å²) in [4.78, 5) is 35.9. The number of fused-ring (bicyclic) bond motifs is 1. The van der Waals surface area contributed by atoms with Gasteiger partial charge in [0.25, 0.3) is 11.8 Å². The van der Waals surface area contributed by atoms with Crippen LogP contribution in [0.15, 0.2) is 24.4 Å². The molecule has 0 aromatic carbocycles. The second-order valence-corrected chi connectivity index (χ2v) is 6.32. The van der Waals surface area contributed by atoms with Gasteiger partial charge in [0.1, 0.15) is 5.69 Å². The molecule has 0 fully saturated rings. The number of nitrogens with one attached hydrogen (secondary N) is 1. The Balaban J connectivity index is 1.85. The Hall–Kier alpha value is -2.70. The van der Waals surface area contributed by atoms with Gasteiger partial charge in [-0.2, -0.15) is 0 Å². The van der Waals surface area contributed by atoms with Crippen molar-refractivity contribution in [2.45, 2.75) is 46.2 Å². The van der Waals surface area contributed by atoms with E-state index in [4.69, 9.17) is 0 Å². The van der Waals surface area contributed by atoms with Crippen LogP contribution in [0.1, 0.15) is 59.2 Å². The van der Waals surface area contributed by atoms with Gasteiger partial charge < -0.3 is 14.8 Å². The van der Waals surface area contributed by atoms with Crippen molar-refractivity contribution in [3.8, 4) is 0 Å². The van der Waals surface area contributed by atoms with Crippen LogP contribution in [-0.4, -0.2) is 44.3 Å². The Morgan fingerprint density at radius 3 is 2.73 bits per heavy atom. The molecule has 2 aromatic rings. The molecule has 3 rings (SSSR count). The fourth-order valence-electron chi connectivity index (χ4n) is 3.30. The molecular weight excluding hydrogens is 330 g/mol. The van der Waals surface area contributed by atoms with Crippen molar-refractivity contribution in [2.24, 2.45) is 0 Å². The molecule has 2 amide bonds. The Kier molecular flexibility index (Phi) is 5.65. The van der Waals surface area contributed by atoms with E-state index in [9.17, 15) is 9.59 Å². The van der Waals surface area contributed by atoms with Gasteiger partial charge in [-0.15, -0.1) is 0 Å². The summed E-state index contributed by atoms with van der Waals surface area (Å²) in [6, 6.07) is 5.57. The van der Waals surface area contributed by atoms with E-state index in [1.807, 2.05) is 36.6 Å². The highest BCUT2D eigenvalue weighted by Crippen LogP contribution is 2.22. The van der Waals surface area contributed by atoms with Crippen LogP contribution in [-0.2, 0) is 19.5 Å². The van der Waals surface area contributed by atoms with Gasteiger partial charge in [0, 0.05) is 25.8 Å². The Morgan fingerprint density at radius 1 is 1.23 bits per heavy atom. The van der Waals surface area contributed by atoms with Gasteiger partial charge in [0.2, 0.25) is 0 Å². The topological polar surface area (TPSA) is 80.1 Å². The third-order valence-electron chi connectivity index (χ3n) is 4.73. The van der Waals surface area contributed by atoms with Crippen LogP contribution in [0.2, 0.25) is 0 Å². The zero-order valence-corrected chi connectivity index (χ0v) is 15.4. The number of rotatable bonds is 6. The first-order valence-corrected chi connectivity index (χ1v) is 9.22. The minimum absolute atomic E-state index is 0.0931. The maximum Gasteiger partial charge on any atom is 0.287 e. The van der Waals surface area contributed by atoms with Crippen LogP contribution in [0.4, 0.5) is 0 Å². The second-order valence-electron chi connectivity index (χ2n) is 6.32. The van der Waals surface area contributed by atoms with Crippen LogP contribution in [0.3, 0.4) is 0 Å². The van der Waals surface area contributed by atoms with Crippen molar-refractivity contribution >= 4 is 11.8 Å². The molecule has 0 radical (unpaired) electrons. The predicted molar refractivity (Wildman–Crippen MR) is 97.8 cm³/mol. The fraction of sp³-hybridized carbons (Fsp3) is 0.474. The minimum atomic E-state index is -0.266. The normalized spacial score (nSPS) is 13.2. The minimum Gasteiger partial charge on any atom is -0.344 e. The lowest BCUT2D eigenvalue weighted by Crippen LogP contribution is -2.31. The summed E-state index contributed by atoms with van der Waals surface area (Å²) < 4.78 is 1.91. The van der Waals surface area contributed by atoms with Gasteiger partial charge in [-0.3, -0.25) is 14.6 Å². The molecule has 0 saturated carbocycles. The molecule has 0 spiro atoms. The van der Waals surface area contributed by atoms with Crippen LogP contribution in [0, 0.1) is 0 Å². The summed E-state index contributed by atoms with van der Waals surface area (Å²) in [5.74, 6) is -0.0343. The lowest BCUT2D eigenvalue weighted by molar-refractivity contribution is 0.0766. The smallest absolute Gasteiger partial charge is 0.287 e. The molecule has 0 saturated heterocycles. The lowest BCUT2D eigenvalue weighted by Gasteiger charge is -2.20. The van der Waals surface area contributed by atoms with E-state index in [-0.39, 0.29) is 11.8 Å². The summed E-state index contributed by atoms with van der Waals surface area (Å²) in [5.41, 5.74) is 2.10. The highest BCUT2D eigenvalue weighted by Gasteiger charge is 2.29. The van der Waals surface area contributed by atoms with E-state index in [1.54, 1.807) is 11.1 Å². The maximum atomic E-state index is 12.8. The average Bonchev–Trinajstić information content (AvgIpc) is 3.07. The Bertz CT molecular complexity index is 781. The number of amides is 2. The third-order valence-corrected chi connectivity index (χ3v) is 4.73. The molecule has 1 aliphatic heterocycles. The van der Waals surface area contributed by atoms with Crippen molar-refractivity contribution in [3.63, 3.8) is 0 Å². The van der Waals surface area contributed by atoms with Gasteiger partial charge in [-0.05, 0) is 45.2 Å². The highest BCUT2D eigenvalue weighted by atomic mass is 16.2. The first-order chi connectivity index (χ1) is 12.7. The quantitative estimate of drug-likeness (QED) is 0.860. The number of imidazole rings is 1. The molecule has 0 bridgehead atoms. The van der Waals surface area contributed by atoms with Crippen molar-refractivity contribution in [1.82, 2.24) is 24.8 Å². The van der Waals surface area contributed by atoms with E-state index in [2.05, 4.69) is 15.3 Å². The van der Waals surface area contributed by atoms with Crippen molar-refractivity contribution in [3.05, 3.63) is 47.3 Å². The van der Waals surface area contributed by atoms with E-state index in [1.165, 1.54) is 0 Å². The van der Waals surface area contributed by atoms with Crippen LogP contribution < -0.4 is 5.32 Å². The van der Waals surface area contributed by atoms with E-state index < -0.39 is 0 Å². The van der Waals surface area contributed by atoms with Gasteiger partial charge in [-0.1, -0.05) is 6.07 Å². The average molecular weight is 355 g/mol. The standard InChI is InChI=1S/C19H25N5O2/c1-3-23(4-2)19(26)16-15-10-6-8-12-24(15)17(22-16)18(25)21-13-14-9-5-7-11-20-14/h5,7,9,11H,3-4,6,8,10,12-13H2,1-2H3,(H,21,25). The summed E-state index contributed by atoms with van der Waals surface area (Å²) in [6.45, 7) is 6.21. The molecule has 7 heteroatoms. The first-order valence-electron chi connectivity index (χ1n) is 9.22. The molecule has 0 aliphatic carbocycles. The van der Waals surface area contributed by atoms with E-state index >= 15 is 0 Å². The predicted octanol–water partition coefficient (Wildman–Crippen LogP) is 2.03. The number of carbonyl (C=O) groups excluding carboxylic acids is 2. The number of nitrogens with zero attached hydrogens (tertiary/aromatic N) is 4. The summed E-state index contributed by atoms with van der Waals surface area (Å²) in [7, 11) is 0. The number of aromatic nitrogens is 3. The van der Waals surface area contributed by atoms with Gasteiger partial charge in [0.05, 0.1) is 17.9 Å². The number of hydrogen-bond acceptors (Lipinski definition) is 4. The summed E-state index contributed by atoms with van der Waals surface area (Å²) in [5, 5.41) is 2.87. The molecule has 1 N–H and O–H groups in total. The number of hydrogen-bond donors (Lipinski definition) is 1. The maximum absolute atomic E-state index is 12.8. The molecule has 0 unspecified atom stereocenters. The SMILES string of the molecule is CCN(CC)C(=O)c1nc(C(=O)NCc2ccccn2)n2c1CCCC2. The van der Waals surface area contributed by atoms with Crippen LogP contribution in [0.25, 0.3) is 0 Å². The molecule has 2 aromatic heterocycles. The van der Waals surface area contributed by atoms with E-state index in [0.29, 0.717) is 31.2 Å². The monoisotopic (exact) mass is 355 g/mol. The Morgan fingerprint density at radius 2 is 2.04 bits per heavy atom. The summed E-state index contributed by atoms with van der Waals surface area (Å²) >= 11 is 0. The van der Waals surface area contributed by atoms with E-state index in [0.717, 1.165) is 37.2 Å². The largest absolute Gasteiger partial charge is 0.344 e. The Labute approximate surface area is 153 Å². The van der Waals surface area contributed by atoms with Gasteiger partial charge in [-0.25, -0.2) is 4.98 Å². The van der Waals surface area contributed by atoms with Gasteiger partial charge in [0.15, 0.2) is 5.82 Å². The molecule has 0 atom stereocenters. The zero-order valence-electron chi connectivity index (χ0n) is 15.4. The van der Waals surface area contributed by atoms with Crippen LogP contribution in [0.5, 0.6) is 0 Å². The van der Waals surface area contributed by atoms with Crippen LogP contribution >= 0.6 is 0 Å². The van der Waals surface area contributed by atoms with Gasteiger partial charge >= 0.3 is 0 Å². The first kappa shape index (κ1) is 18.1. The lowest BCUT2D eigenvalue weighted by atomic mass is 10.1. The van der Waals surface area contributed by atoms with Crippen molar-refractivity contribution in [1.29, 1.82) is 0 Å². The molecule has 7 nitrogen and oxygen atoms in total. The molecule has 1 aliphatic rings. The van der Waals surface area contributed by atoms with Crippen molar-refractivity contribution < 1.29 is 9.59 Å². The molecule has 26 heavy (non-hydrogen) atoms. The number of carbonyl (C=O) groups is 2. The zero-order chi connectivity index (χ0) is 18.5. The molecule has 138 valence electrons.